The standard InChI is InChI=1S/C21H13Cl4O3P/c22-14-8-4-9-15(23)18(14)20(26)29(28,12-13-6-2-1-3-7-13)21(27)19-16(24)10-5-11-17(19)25/h1-11H,12H2. The van der Waals surface area contributed by atoms with E-state index in [2.05, 4.69) is 0 Å². The van der Waals surface area contributed by atoms with E-state index < -0.39 is 18.2 Å². The first-order chi connectivity index (χ1) is 13.8. The molecule has 3 aromatic carbocycles. The van der Waals surface area contributed by atoms with E-state index in [0.717, 1.165) is 0 Å². The summed E-state index contributed by atoms with van der Waals surface area (Å²) in [6.07, 6.45) is -0.311. The van der Waals surface area contributed by atoms with Gasteiger partial charge in [-0.15, -0.1) is 0 Å². The van der Waals surface area contributed by atoms with E-state index in [1.165, 1.54) is 24.3 Å². The summed E-state index contributed by atoms with van der Waals surface area (Å²) in [5.41, 5.74) is -1.64. The van der Waals surface area contributed by atoms with Crippen molar-refractivity contribution in [1.82, 2.24) is 0 Å². The van der Waals surface area contributed by atoms with Crippen LogP contribution < -0.4 is 0 Å². The first kappa shape index (κ1) is 22.1. The Bertz CT molecular complexity index is 1040. The summed E-state index contributed by atoms with van der Waals surface area (Å²) < 4.78 is 14.1. The fraction of sp³-hybridized carbons (Fsp3) is 0.0476. The summed E-state index contributed by atoms with van der Waals surface area (Å²) in [5.74, 6) is 0. The van der Waals surface area contributed by atoms with E-state index in [1.807, 2.05) is 0 Å². The highest BCUT2D eigenvalue weighted by molar-refractivity contribution is 7.94. The van der Waals surface area contributed by atoms with Crippen molar-refractivity contribution < 1.29 is 14.2 Å². The molecule has 0 aliphatic heterocycles. The summed E-state index contributed by atoms with van der Waals surface area (Å²) in [6, 6.07) is 17.5. The van der Waals surface area contributed by atoms with E-state index in [9.17, 15) is 14.2 Å². The van der Waals surface area contributed by atoms with Crippen LogP contribution in [0.5, 0.6) is 0 Å². The maximum atomic E-state index is 14.1. The van der Waals surface area contributed by atoms with E-state index in [4.69, 9.17) is 46.4 Å². The highest BCUT2D eigenvalue weighted by atomic mass is 35.5. The van der Waals surface area contributed by atoms with Gasteiger partial charge in [-0.25, -0.2) is 0 Å². The third-order valence-electron chi connectivity index (χ3n) is 4.26. The molecule has 0 saturated carbocycles. The minimum atomic E-state index is -4.29. The zero-order valence-corrected chi connectivity index (χ0v) is 18.7. The van der Waals surface area contributed by atoms with Crippen LogP contribution in [0.4, 0.5) is 0 Å². The number of benzene rings is 3. The van der Waals surface area contributed by atoms with Gasteiger partial charge in [0.05, 0.1) is 31.2 Å². The van der Waals surface area contributed by atoms with Crippen molar-refractivity contribution in [3.63, 3.8) is 0 Å². The summed E-state index contributed by atoms with van der Waals surface area (Å²) >= 11 is 24.6. The fourth-order valence-electron chi connectivity index (χ4n) is 2.84. The Morgan fingerprint density at radius 2 is 1.00 bits per heavy atom. The molecular weight excluding hydrogens is 473 g/mol. The van der Waals surface area contributed by atoms with E-state index in [-0.39, 0.29) is 37.4 Å². The monoisotopic (exact) mass is 484 g/mol. The van der Waals surface area contributed by atoms with Gasteiger partial charge < -0.3 is 4.57 Å². The first-order valence-corrected chi connectivity index (χ1v) is 11.8. The zero-order chi connectivity index (χ0) is 21.2. The van der Waals surface area contributed by atoms with Crippen LogP contribution in [0.15, 0.2) is 66.7 Å². The van der Waals surface area contributed by atoms with Gasteiger partial charge in [0, 0.05) is 6.16 Å². The van der Waals surface area contributed by atoms with Gasteiger partial charge in [-0.3, -0.25) is 9.59 Å². The molecule has 0 atom stereocenters. The molecule has 0 spiro atoms. The number of hydrogen-bond donors (Lipinski definition) is 0. The number of halogens is 4. The molecule has 0 aliphatic rings. The normalized spacial score (nSPS) is 11.3. The molecule has 0 radical (unpaired) electrons. The van der Waals surface area contributed by atoms with Gasteiger partial charge in [0.2, 0.25) is 18.2 Å². The highest BCUT2D eigenvalue weighted by Gasteiger charge is 2.44. The molecule has 0 amide bonds. The maximum Gasteiger partial charge on any atom is 0.232 e. The average molecular weight is 486 g/mol. The number of carbonyl (C=O) groups is 2. The summed E-state index contributed by atoms with van der Waals surface area (Å²) in [5, 5.41) is 0.0327. The molecule has 0 fully saturated rings. The molecule has 148 valence electrons. The molecule has 29 heavy (non-hydrogen) atoms. The minimum absolute atomic E-state index is 0.00819. The van der Waals surface area contributed by atoms with Crippen LogP contribution in [-0.2, 0) is 10.7 Å². The van der Waals surface area contributed by atoms with Crippen LogP contribution in [0.3, 0.4) is 0 Å². The van der Waals surface area contributed by atoms with Crippen LogP contribution >= 0.6 is 53.5 Å². The molecule has 0 N–H and O–H groups in total. The second-order valence-electron chi connectivity index (χ2n) is 6.19. The lowest BCUT2D eigenvalue weighted by Crippen LogP contribution is -2.14. The van der Waals surface area contributed by atoms with Gasteiger partial charge in [0.15, 0.2) is 0 Å². The van der Waals surface area contributed by atoms with Gasteiger partial charge >= 0.3 is 0 Å². The largest absolute Gasteiger partial charge is 0.306 e. The van der Waals surface area contributed by atoms with Crippen molar-refractivity contribution in [2.24, 2.45) is 0 Å². The van der Waals surface area contributed by atoms with Crippen LogP contribution in [0.2, 0.25) is 20.1 Å². The Kier molecular flexibility index (Phi) is 6.88. The number of rotatable bonds is 6. The van der Waals surface area contributed by atoms with E-state index in [0.29, 0.717) is 5.56 Å². The molecule has 3 rings (SSSR count). The van der Waals surface area contributed by atoms with Crippen molar-refractivity contribution in [2.75, 3.05) is 0 Å². The Morgan fingerprint density at radius 1 is 0.621 bits per heavy atom. The second kappa shape index (κ2) is 9.04. The smallest absolute Gasteiger partial charge is 0.232 e. The van der Waals surface area contributed by atoms with Gasteiger partial charge in [-0.2, -0.15) is 0 Å². The van der Waals surface area contributed by atoms with Gasteiger partial charge in [-0.1, -0.05) is 88.9 Å². The lowest BCUT2D eigenvalue weighted by Gasteiger charge is -2.19. The summed E-state index contributed by atoms with van der Waals surface area (Å²) in [6.45, 7) is 0. The van der Waals surface area contributed by atoms with Crippen molar-refractivity contribution in [3.8, 4) is 0 Å². The molecule has 0 saturated heterocycles. The topological polar surface area (TPSA) is 51.2 Å². The minimum Gasteiger partial charge on any atom is -0.306 e. The Hall–Kier alpha value is -1.61. The van der Waals surface area contributed by atoms with Gasteiger partial charge in [0.1, 0.15) is 0 Å². The lowest BCUT2D eigenvalue weighted by atomic mass is 10.2. The number of carbonyl (C=O) groups excluding carboxylic acids is 2. The van der Waals surface area contributed by atoms with E-state index in [1.54, 1.807) is 42.5 Å². The van der Waals surface area contributed by atoms with Crippen molar-refractivity contribution in [2.45, 2.75) is 6.16 Å². The molecule has 0 unspecified atom stereocenters. The Labute approximate surface area is 187 Å². The van der Waals surface area contributed by atoms with Crippen LogP contribution in [0.1, 0.15) is 26.3 Å². The summed E-state index contributed by atoms with van der Waals surface area (Å²) in [4.78, 5) is 26.8. The Balaban J connectivity index is 2.21. The predicted molar refractivity (Wildman–Crippen MR) is 119 cm³/mol. The van der Waals surface area contributed by atoms with Crippen molar-refractivity contribution in [1.29, 1.82) is 0 Å². The Morgan fingerprint density at radius 3 is 1.38 bits per heavy atom. The molecule has 0 aromatic heterocycles. The third-order valence-corrected chi connectivity index (χ3v) is 8.09. The molecule has 8 heteroatoms. The molecule has 3 aromatic rings. The number of hydrogen-bond acceptors (Lipinski definition) is 3. The second-order valence-corrected chi connectivity index (χ2v) is 10.4. The molecule has 0 bridgehead atoms. The molecule has 0 aliphatic carbocycles. The van der Waals surface area contributed by atoms with Crippen LogP contribution in [0.25, 0.3) is 0 Å². The molecule has 0 heterocycles. The fourth-order valence-corrected chi connectivity index (χ4v) is 6.64. The van der Waals surface area contributed by atoms with Crippen molar-refractivity contribution >= 4 is 64.6 Å². The molecule has 3 nitrogen and oxygen atoms in total. The van der Waals surface area contributed by atoms with Gasteiger partial charge in [-0.05, 0) is 29.8 Å². The lowest BCUT2D eigenvalue weighted by molar-refractivity contribution is 0.103. The third kappa shape index (κ3) is 4.45. The van der Waals surface area contributed by atoms with Gasteiger partial charge in [0.25, 0.3) is 0 Å². The highest BCUT2D eigenvalue weighted by Crippen LogP contribution is 2.57. The van der Waals surface area contributed by atoms with Crippen LogP contribution in [-0.4, -0.2) is 11.0 Å². The van der Waals surface area contributed by atoms with E-state index >= 15 is 0 Å². The molecular formula is C21H13Cl4O3P. The maximum absolute atomic E-state index is 14.1. The van der Waals surface area contributed by atoms with Crippen molar-refractivity contribution in [3.05, 3.63) is 104 Å². The predicted octanol–water partition coefficient (Wildman–Crippen LogP) is 7.84. The quantitative estimate of drug-likeness (QED) is 0.334. The first-order valence-electron chi connectivity index (χ1n) is 8.36. The van der Waals surface area contributed by atoms with Crippen LogP contribution in [0, 0.1) is 0 Å². The summed E-state index contributed by atoms with van der Waals surface area (Å²) in [7, 11) is -4.29. The SMILES string of the molecule is O=C(c1c(Cl)cccc1Cl)P(=O)(Cc1ccccc1)C(=O)c1c(Cl)cccc1Cl. The zero-order valence-electron chi connectivity index (χ0n) is 14.7. The average Bonchev–Trinajstić information content (AvgIpc) is 2.68.